The van der Waals surface area contributed by atoms with Crippen LogP contribution in [0.1, 0.15) is 12.8 Å². The summed E-state index contributed by atoms with van der Waals surface area (Å²) in [5, 5.41) is 0. The molecule has 1 atom stereocenters. The zero-order valence-electron chi connectivity index (χ0n) is 5.15. The molecule has 1 fully saturated rings. The minimum Gasteiger partial charge on any atom is -0.162 e. The molecule has 8 heavy (non-hydrogen) atoms. The monoisotopic (exact) mass is 146 g/mol. The van der Waals surface area contributed by atoms with Crippen molar-refractivity contribution in [1.82, 2.24) is 0 Å². The van der Waals surface area contributed by atoms with Crippen molar-refractivity contribution in [2.75, 3.05) is 0 Å². The molecule has 0 saturated heterocycles. The van der Waals surface area contributed by atoms with Gasteiger partial charge in [0.25, 0.3) is 0 Å². The molecule has 1 unspecified atom stereocenters. The van der Waals surface area contributed by atoms with Crippen molar-refractivity contribution in [3.63, 3.8) is 0 Å². The summed E-state index contributed by atoms with van der Waals surface area (Å²) in [6, 6.07) is 0. The Hall–Kier alpha value is 0.247. The topological polar surface area (TPSA) is 0 Å². The van der Waals surface area contributed by atoms with Gasteiger partial charge in [-0.2, -0.15) is 11.1 Å². The molecule has 0 nitrogen and oxygen atoms in total. The molecule has 2 heteroatoms. The molecule has 0 aromatic carbocycles. The molecule has 0 radical (unpaired) electrons. The highest BCUT2D eigenvalue weighted by Crippen LogP contribution is 2.47. The Morgan fingerprint density at radius 1 is 1.75 bits per heavy atom. The maximum atomic E-state index is 6.14. The molecule has 0 aliphatic heterocycles. The van der Waals surface area contributed by atoms with Gasteiger partial charge in [-0.3, -0.25) is 0 Å². The summed E-state index contributed by atoms with van der Waals surface area (Å²) in [7, 11) is -1.41. The van der Waals surface area contributed by atoms with Crippen LogP contribution in [-0.4, -0.2) is 7.38 Å². The maximum absolute atomic E-state index is 6.14. The van der Waals surface area contributed by atoms with Crippen molar-refractivity contribution in [3.05, 3.63) is 12.3 Å². The fourth-order valence-electron chi connectivity index (χ4n) is 0.814. The summed E-state index contributed by atoms with van der Waals surface area (Å²) >= 11 is 6.14. The van der Waals surface area contributed by atoms with Crippen LogP contribution in [0.15, 0.2) is 12.3 Å². The lowest BCUT2D eigenvalue weighted by atomic mass is 11.0. The van der Waals surface area contributed by atoms with Crippen molar-refractivity contribution in [2.24, 2.45) is 0 Å². The Morgan fingerprint density at radius 2 is 2.25 bits per heavy atom. The van der Waals surface area contributed by atoms with Gasteiger partial charge in [-0.05, 0) is 5.54 Å². The fourth-order valence-corrected chi connectivity index (χ4v) is 3.10. The lowest BCUT2D eigenvalue weighted by Crippen LogP contribution is -2.18. The number of halogens is 1. The van der Waals surface area contributed by atoms with Gasteiger partial charge in [0, 0.05) is 0 Å². The maximum Gasteiger partial charge on any atom is 0.179 e. The molecule has 46 valence electrons. The predicted molar refractivity (Wildman–Crippen MR) is 40.7 cm³/mol. The molecule has 0 aromatic rings. The summed E-state index contributed by atoms with van der Waals surface area (Å²) in [6.07, 6.45) is 2.69. The minimum absolute atomic E-state index is 0.849. The molecule has 0 amide bonds. The molecular formula is C6H11ClSi. The van der Waals surface area contributed by atoms with Crippen LogP contribution in [-0.2, 0) is 0 Å². The Balaban J connectivity index is 2.49. The average molecular weight is 147 g/mol. The van der Waals surface area contributed by atoms with Gasteiger partial charge in [0.15, 0.2) is 7.38 Å². The molecule has 0 heterocycles. The van der Waals surface area contributed by atoms with Crippen molar-refractivity contribution < 1.29 is 0 Å². The Morgan fingerprint density at radius 3 is 2.38 bits per heavy atom. The number of hydrogen-bond acceptors (Lipinski definition) is 0. The number of hydrogen-bond donors (Lipinski definition) is 0. The van der Waals surface area contributed by atoms with Gasteiger partial charge >= 0.3 is 0 Å². The Labute approximate surface area is 56.3 Å². The molecule has 0 aromatic heterocycles. The normalized spacial score (nSPS) is 26.8. The van der Waals surface area contributed by atoms with E-state index >= 15 is 0 Å². The van der Waals surface area contributed by atoms with E-state index in [4.69, 9.17) is 11.1 Å². The van der Waals surface area contributed by atoms with Crippen molar-refractivity contribution >= 4 is 18.5 Å². The quantitative estimate of drug-likeness (QED) is 0.415. The lowest BCUT2D eigenvalue weighted by Gasteiger charge is -2.10. The second kappa shape index (κ2) is 1.89. The first-order valence-corrected chi connectivity index (χ1v) is 6.66. The molecule has 1 aliphatic rings. The van der Waals surface area contributed by atoms with Crippen molar-refractivity contribution in [3.8, 4) is 0 Å². The minimum atomic E-state index is -1.41. The smallest absolute Gasteiger partial charge is 0.162 e. The first-order valence-electron chi connectivity index (χ1n) is 2.99. The third kappa shape index (κ3) is 1.15. The van der Waals surface area contributed by atoms with Gasteiger partial charge in [0.05, 0.1) is 0 Å². The second-order valence-electron chi connectivity index (χ2n) is 2.63. The molecule has 0 spiro atoms. The third-order valence-electron chi connectivity index (χ3n) is 1.77. The first-order chi connectivity index (χ1) is 3.67. The Bertz CT molecular complexity index is 105. The predicted octanol–water partition coefficient (Wildman–Crippen LogP) is 2.69. The van der Waals surface area contributed by atoms with Gasteiger partial charge in [-0.1, -0.05) is 25.1 Å². The standard InChI is InChI=1S/C6H11ClSi/c1-3-8(2,7)6-4-5-6/h3,6H,1,4-5H2,2H3. The highest BCUT2D eigenvalue weighted by atomic mass is 35.6. The molecular weight excluding hydrogens is 136 g/mol. The SMILES string of the molecule is C=C[Si](C)(Cl)C1CC1. The third-order valence-corrected chi connectivity index (χ3v) is 6.14. The van der Waals surface area contributed by atoms with Crippen LogP contribution < -0.4 is 0 Å². The summed E-state index contributed by atoms with van der Waals surface area (Å²) in [5.74, 6) is 0. The van der Waals surface area contributed by atoms with Crippen LogP contribution in [0.5, 0.6) is 0 Å². The molecule has 0 bridgehead atoms. The Kier molecular flexibility index (Phi) is 1.50. The van der Waals surface area contributed by atoms with Gasteiger partial charge < -0.3 is 0 Å². The zero-order valence-corrected chi connectivity index (χ0v) is 6.91. The fraction of sp³-hybridized carbons (Fsp3) is 0.667. The van der Waals surface area contributed by atoms with E-state index in [2.05, 4.69) is 13.1 Å². The van der Waals surface area contributed by atoms with Crippen molar-refractivity contribution in [1.29, 1.82) is 0 Å². The summed E-state index contributed by atoms with van der Waals surface area (Å²) < 4.78 is 0. The molecule has 1 aliphatic carbocycles. The average Bonchev–Trinajstić information content (AvgIpc) is 2.44. The van der Waals surface area contributed by atoms with Gasteiger partial charge in [0.2, 0.25) is 0 Å². The summed E-state index contributed by atoms with van der Waals surface area (Å²) in [4.78, 5) is 0. The van der Waals surface area contributed by atoms with E-state index in [-0.39, 0.29) is 0 Å². The van der Waals surface area contributed by atoms with E-state index in [9.17, 15) is 0 Å². The lowest BCUT2D eigenvalue weighted by molar-refractivity contribution is 1.39. The van der Waals surface area contributed by atoms with E-state index < -0.39 is 7.38 Å². The van der Waals surface area contributed by atoms with Crippen molar-refractivity contribution in [2.45, 2.75) is 24.9 Å². The van der Waals surface area contributed by atoms with E-state index in [0.717, 1.165) is 5.54 Å². The summed E-state index contributed by atoms with van der Waals surface area (Å²) in [6.45, 7) is 5.89. The second-order valence-corrected chi connectivity index (χ2v) is 8.60. The largest absolute Gasteiger partial charge is 0.179 e. The van der Waals surface area contributed by atoms with Crippen LogP contribution in [0.4, 0.5) is 0 Å². The highest BCUT2D eigenvalue weighted by Gasteiger charge is 2.39. The van der Waals surface area contributed by atoms with Crippen LogP contribution in [0.25, 0.3) is 0 Å². The summed E-state index contributed by atoms with van der Waals surface area (Å²) in [5.41, 5.74) is 2.83. The van der Waals surface area contributed by atoms with Gasteiger partial charge in [-0.25, -0.2) is 0 Å². The highest BCUT2D eigenvalue weighted by molar-refractivity contribution is 7.23. The first kappa shape index (κ1) is 6.37. The molecule has 1 rings (SSSR count). The van der Waals surface area contributed by atoms with E-state index in [1.54, 1.807) is 0 Å². The van der Waals surface area contributed by atoms with Crippen LogP contribution in [0, 0.1) is 0 Å². The van der Waals surface area contributed by atoms with Gasteiger partial charge in [0.1, 0.15) is 0 Å². The van der Waals surface area contributed by atoms with Crippen LogP contribution in [0.3, 0.4) is 0 Å². The zero-order chi connectivity index (χ0) is 6.20. The van der Waals surface area contributed by atoms with Gasteiger partial charge in [-0.15, -0.1) is 6.58 Å². The van der Waals surface area contributed by atoms with E-state index in [1.807, 2.05) is 5.70 Å². The van der Waals surface area contributed by atoms with Crippen LogP contribution >= 0.6 is 11.1 Å². The molecule has 0 N–H and O–H groups in total. The number of rotatable bonds is 2. The van der Waals surface area contributed by atoms with E-state index in [1.165, 1.54) is 12.8 Å². The van der Waals surface area contributed by atoms with Crippen LogP contribution in [0.2, 0.25) is 12.1 Å². The van der Waals surface area contributed by atoms with E-state index in [0.29, 0.717) is 0 Å². The molecule has 1 saturated carbocycles.